The molecular weight excluding hydrogens is 448 g/mol. The van der Waals surface area contributed by atoms with Crippen LogP contribution >= 0.6 is 23.1 Å². The van der Waals surface area contributed by atoms with Gasteiger partial charge in [0.2, 0.25) is 11.0 Å². The summed E-state index contributed by atoms with van der Waals surface area (Å²) in [6.07, 6.45) is 0.463. The number of ether oxygens (including phenoxy) is 2. The first-order chi connectivity index (χ1) is 15.4. The van der Waals surface area contributed by atoms with Crippen LogP contribution in [0.1, 0.15) is 44.6 Å². The summed E-state index contributed by atoms with van der Waals surface area (Å²) in [4.78, 5) is 12.4. The third kappa shape index (κ3) is 6.42. The molecule has 1 aromatic carbocycles. The minimum Gasteiger partial charge on any atom is -0.497 e. The number of carbonyl (C=O) groups is 1. The minimum atomic E-state index is -0.328. The molecule has 3 rings (SSSR count). The fourth-order valence-corrected chi connectivity index (χ4v) is 4.36. The summed E-state index contributed by atoms with van der Waals surface area (Å²) in [5.74, 6) is 2.53. The topological polar surface area (TPSA) is 104 Å². The summed E-state index contributed by atoms with van der Waals surface area (Å²) >= 11 is 2.72. The molecular formula is C21H28N6O3S2. The molecule has 0 aliphatic carbocycles. The van der Waals surface area contributed by atoms with Gasteiger partial charge in [0, 0.05) is 12.6 Å². The molecule has 0 saturated heterocycles. The van der Waals surface area contributed by atoms with Gasteiger partial charge in [-0.2, -0.15) is 0 Å². The molecule has 2 aromatic heterocycles. The lowest BCUT2D eigenvalue weighted by molar-refractivity contribution is -0.113. The van der Waals surface area contributed by atoms with Gasteiger partial charge >= 0.3 is 0 Å². The van der Waals surface area contributed by atoms with E-state index in [4.69, 9.17) is 9.47 Å². The SMILES string of the molecule is CCc1nnc(NC(=O)CSc2nnc(C(C)Oc3cccc(OC)c3)n2CC(C)C)s1. The second kappa shape index (κ2) is 11.3. The van der Waals surface area contributed by atoms with Crippen molar-refractivity contribution in [3.05, 3.63) is 35.1 Å². The van der Waals surface area contributed by atoms with Crippen molar-refractivity contribution in [1.82, 2.24) is 25.0 Å². The summed E-state index contributed by atoms with van der Waals surface area (Å²) in [5, 5.41) is 21.6. The number of rotatable bonds is 11. The molecule has 32 heavy (non-hydrogen) atoms. The second-order valence-electron chi connectivity index (χ2n) is 7.48. The van der Waals surface area contributed by atoms with Crippen molar-refractivity contribution < 1.29 is 14.3 Å². The van der Waals surface area contributed by atoms with Gasteiger partial charge in [0.1, 0.15) is 16.5 Å². The van der Waals surface area contributed by atoms with Gasteiger partial charge in [0.15, 0.2) is 17.1 Å². The van der Waals surface area contributed by atoms with Gasteiger partial charge in [0.25, 0.3) is 0 Å². The smallest absolute Gasteiger partial charge is 0.236 e. The van der Waals surface area contributed by atoms with Gasteiger partial charge in [-0.1, -0.05) is 49.9 Å². The Hall–Kier alpha value is -2.66. The van der Waals surface area contributed by atoms with E-state index in [1.807, 2.05) is 42.7 Å². The number of anilines is 1. The monoisotopic (exact) mass is 476 g/mol. The number of benzene rings is 1. The van der Waals surface area contributed by atoms with E-state index in [1.165, 1.54) is 23.1 Å². The molecule has 0 saturated carbocycles. The van der Waals surface area contributed by atoms with Crippen molar-refractivity contribution in [2.45, 2.75) is 51.9 Å². The molecule has 11 heteroatoms. The number of amides is 1. The Labute approximate surface area is 195 Å². The maximum atomic E-state index is 12.4. The van der Waals surface area contributed by atoms with E-state index in [9.17, 15) is 4.79 Å². The van der Waals surface area contributed by atoms with Crippen LogP contribution in [-0.4, -0.2) is 43.7 Å². The quantitative estimate of drug-likeness (QED) is 0.410. The first-order valence-corrected chi connectivity index (χ1v) is 12.2. The summed E-state index contributed by atoms with van der Waals surface area (Å²) in [6.45, 7) is 8.90. The van der Waals surface area contributed by atoms with Crippen LogP contribution in [-0.2, 0) is 17.8 Å². The van der Waals surface area contributed by atoms with Gasteiger partial charge in [-0.3, -0.25) is 10.1 Å². The highest BCUT2D eigenvalue weighted by Crippen LogP contribution is 2.27. The zero-order chi connectivity index (χ0) is 23.1. The molecule has 0 bridgehead atoms. The molecule has 3 aromatic rings. The fourth-order valence-electron chi connectivity index (χ4n) is 2.91. The zero-order valence-corrected chi connectivity index (χ0v) is 20.5. The Bertz CT molecular complexity index is 1040. The van der Waals surface area contributed by atoms with Gasteiger partial charge in [-0.05, 0) is 31.4 Å². The molecule has 1 amide bonds. The van der Waals surface area contributed by atoms with Crippen LogP contribution < -0.4 is 14.8 Å². The van der Waals surface area contributed by atoms with Crippen LogP contribution in [0.5, 0.6) is 11.5 Å². The number of nitrogens with one attached hydrogen (secondary N) is 1. The highest BCUT2D eigenvalue weighted by Gasteiger charge is 2.21. The average molecular weight is 477 g/mol. The van der Waals surface area contributed by atoms with E-state index in [2.05, 4.69) is 39.6 Å². The number of carbonyl (C=O) groups excluding carboxylic acids is 1. The van der Waals surface area contributed by atoms with Crippen LogP contribution in [0.3, 0.4) is 0 Å². The van der Waals surface area contributed by atoms with E-state index in [0.29, 0.717) is 34.3 Å². The lowest BCUT2D eigenvalue weighted by atomic mass is 10.2. The Kier molecular flexibility index (Phi) is 8.46. The summed E-state index contributed by atoms with van der Waals surface area (Å²) < 4.78 is 13.4. The summed E-state index contributed by atoms with van der Waals surface area (Å²) in [7, 11) is 1.62. The maximum Gasteiger partial charge on any atom is 0.236 e. The third-order valence-corrected chi connectivity index (χ3v) is 6.31. The molecule has 0 spiro atoms. The Balaban J connectivity index is 1.68. The average Bonchev–Trinajstić information content (AvgIpc) is 3.38. The first kappa shape index (κ1) is 24.0. The van der Waals surface area contributed by atoms with E-state index in [1.54, 1.807) is 7.11 Å². The van der Waals surface area contributed by atoms with E-state index >= 15 is 0 Å². The number of thioether (sulfide) groups is 1. The molecule has 2 heterocycles. The highest BCUT2D eigenvalue weighted by atomic mass is 32.2. The fraction of sp³-hybridized carbons (Fsp3) is 0.476. The Morgan fingerprint density at radius 3 is 2.66 bits per heavy atom. The third-order valence-electron chi connectivity index (χ3n) is 4.36. The highest BCUT2D eigenvalue weighted by molar-refractivity contribution is 7.99. The van der Waals surface area contributed by atoms with Crippen LogP contribution in [0.25, 0.3) is 0 Å². The Morgan fingerprint density at radius 2 is 1.97 bits per heavy atom. The molecule has 1 atom stereocenters. The van der Waals surface area contributed by atoms with Gasteiger partial charge in [-0.25, -0.2) is 0 Å². The second-order valence-corrected chi connectivity index (χ2v) is 9.48. The lowest BCUT2D eigenvalue weighted by Crippen LogP contribution is -2.17. The first-order valence-electron chi connectivity index (χ1n) is 10.4. The maximum absolute atomic E-state index is 12.4. The Morgan fingerprint density at radius 1 is 1.19 bits per heavy atom. The summed E-state index contributed by atoms with van der Waals surface area (Å²) in [5.41, 5.74) is 0. The number of hydrogen-bond donors (Lipinski definition) is 1. The number of nitrogens with zero attached hydrogens (tertiary/aromatic N) is 5. The van der Waals surface area contributed by atoms with Crippen molar-refractivity contribution in [1.29, 1.82) is 0 Å². The predicted molar refractivity (Wildman–Crippen MR) is 126 cm³/mol. The van der Waals surface area contributed by atoms with Crippen LogP contribution in [0.15, 0.2) is 29.4 Å². The molecule has 1 N–H and O–H groups in total. The van der Waals surface area contributed by atoms with Crippen molar-refractivity contribution >= 4 is 34.1 Å². The molecule has 0 fully saturated rings. The van der Waals surface area contributed by atoms with Crippen LogP contribution in [0.4, 0.5) is 5.13 Å². The minimum absolute atomic E-state index is 0.157. The largest absolute Gasteiger partial charge is 0.497 e. The number of aromatic nitrogens is 5. The van der Waals surface area contributed by atoms with E-state index in [0.717, 1.165) is 17.2 Å². The predicted octanol–water partition coefficient (Wildman–Crippen LogP) is 4.23. The molecule has 0 aliphatic rings. The molecule has 0 aliphatic heterocycles. The molecule has 0 radical (unpaired) electrons. The van der Waals surface area contributed by atoms with Crippen molar-refractivity contribution in [2.75, 3.05) is 18.2 Å². The van der Waals surface area contributed by atoms with E-state index in [-0.39, 0.29) is 17.8 Å². The van der Waals surface area contributed by atoms with E-state index < -0.39 is 0 Å². The number of hydrogen-bond acceptors (Lipinski definition) is 9. The number of aryl methyl sites for hydroxylation is 1. The standard InChI is InChI=1S/C21H28N6O3S2/c1-6-18-23-25-20(32-18)22-17(28)12-31-21-26-24-19(27(21)11-13(2)3)14(4)30-16-9-7-8-15(10-16)29-5/h7-10,13-14H,6,11-12H2,1-5H3,(H,22,25,28). The molecule has 172 valence electrons. The van der Waals surface area contributed by atoms with Gasteiger partial charge in [-0.15, -0.1) is 20.4 Å². The summed E-state index contributed by atoms with van der Waals surface area (Å²) in [6, 6.07) is 7.45. The lowest BCUT2D eigenvalue weighted by Gasteiger charge is -2.18. The zero-order valence-electron chi connectivity index (χ0n) is 18.9. The van der Waals surface area contributed by atoms with Crippen molar-refractivity contribution in [3.8, 4) is 11.5 Å². The molecule has 9 nitrogen and oxygen atoms in total. The van der Waals surface area contributed by atoms with Gasteiger partial charge in [0.05, 0.1) is 12.9 Å². The van der Waals surface area contributed by atoms with Crippen molar-refractivity contribution in [2.24, 2.45) is 5.92 Å². The van der Waals surface area contributed by atoms with Crippen molar-refractivity contribution in [3.63, 3.8) is 0 Å². The van der Waals surface area contributed by atoms with Crippen LogP contribution in [0.2, 0.25) is 0 Å². The number of methoxy groups -OCH3 is 1. The van der Waals surface area contributed by atoms with Gasteiger partial charge < -0.3 is 14.0 Å². The molecule has 1 unspecified atom stereocenters. The normalized spacial score (nSPS) is 12.1. The van der Waals surface area contributed by atoms with Crippen LogP contribution in [0, 0.1) is 5.92 Å².